The molecule has 36 heavy (non-hydrogen) atoms. The van der Waals surface area contributed by atoms with Crippen molar-refractivity contribution in [3.05, 3.63) is 65.0 Å². The second kappa shape index (κ2) is 9.22. The highest BCUT2D eigenvalue weighted by atomic mass is 19.1. The van der Waals surface area contributed by atoms with Crippen LogP contribution >= 0.6 is 0 Å². The van der Waals surface area contributed by atoms with Crippen molar-refractivity contribution < 1.29 is 28.3 Å². The van der Waals surface area contributed by atoms with Crippen molar-refractivity contribution in [2.24, 2.45) is 5.92 Å². The smallest absolute Gasteiger partial charge is 0.292 e. The summed E-state index contributed by atoms with van der Waals surface area (Å²) < 4.78 is 19.7. The number of fused-ring (bicyclic) bond motifs is 2. The zero-order valence-corrected chi connectivity index (χ0v) is 20.3. The Kier molecular flexibility index (Phi) is 6.22. The predicted octanol–water partition coefficient (Wildman–Crippen LogP) is 1.94. The number of ether oxygens (including phenoxy) is 1. The van der Waals surface area contributed by atoms with Crippen molar-refractivity contribution in [3.8, 4) is 0 Å². The summed E-state index contributed by atoms with van der Waals surface area (Å²) >= 11 is 0. The van der Waals surface area contributed by atoms with Gasteiger partial charge in [0.05, 0.1) is 13.2 Å². The fourth-order valence-corrected chi connectivity index (χ4v) is 5.65. The summed E-state index contributed by atoms with van der Waals surface area (Å²) in [6.07, 6.45) is 0.514. The van der Waals surface area contributed by atoms with Crippen molar-refractivity contribution in [2.75, 3.05) is 51.3 Å². The van der Waals surface area contributed by atoms with Crippen LogP contribution in [0.5, 0.6) is 0 Å². The molecule has 2 saturated heterocycles. The van der Waals surface area contributed by atoms with Crippen molar-refractivity contribution in [1.29, 1.82) is 0 Å². The molecule has 0 bridgehead atoms. The lowest BCUT2D eigenvalue weighted by atomic mass is 9.75. The Morgan fingerprint density at radius 1 is 1.08 bits per heavy atom. The van der Waals surface area contributed by atoms with Crippen LogP contribution in [0.15, 0.2) is 42.5 Å². The summed E-state index contributed by atoms with van der Waals surface area (Å²) in [6, 6.07) is 10.9. The summed E-state index contributed by atoms with van der Waals surface area (Å²) in [4.78, 5) is 59.5. The van der Waals surface area contributed by atoms with E-state index in [9.17, 15) is 23.6 Å². The summed E-state index contributed by atoms with van der Waals surface area (Å²) in [7, 11) is 1.57. The van der Waals surface area contributed by atoms with Gasteiger partial charge in [0.2, 0.25) is 5.78 Å². The number of carbonyl (C=O) groups excluding carboxylic acids is 4. The van der Waals surface area contributed by atoms with Gasteiger partial charge in [-0.2, -0.15) is 0 Å². The molecule has 0 aromatic heterocycles. The van der Waals surface area contributed by atoms with Gasteiger partial charge in [-0.3, -0.25) is 24.1 Å². The Labute approximate surface area is 208 Å². The third kappa shape index (κ3) is 3.57. The van der Waals surface area contributed by atoms with E-state index in [4.69, 9.17) is 4.74 Å². The van der Waals surface area contributed by atoms with E-state index < -0.39 is 40.7 Å². The van der Waals surface area contributed by atoms with Crippen LogP contribution in [0.4, 0.5) is 10.1 Å². The monoisotopic (exact) mass is 493 g/mol. The molecule has 0 radical (unpaired) electrons. The zero-order valence-electron chi connectivity index (χ0n) is 20.3. The first-order chi connectivity index (χ1) is 17.3. The quantitative estimate of drug-likeness (QED) is 0.347. The highest BCUT2D eigenvalue weighted by molar-refractivity contribution is 6.46. The van der Waals surface area contributed by atoms with Crippen molar-refractivity contribution in [3.63, 3.8) is 0 Å². The Balaban J connectivity index is 1.58. The van der Waals surface area contributed by atoms with Gasteiger partial charge in [0.1, 0.15) is 11.7 Å². The van der Waals surface area contributed by atoms with Crippen LogP contribution in [0.2, 0.25) is 0 Å². The fourth-order valence-electron chi connectivity index (χ4n) is 5.65. The number of aryl methyl sites for hydroxylation is 1. The fraction of sp³-hybridized carbons (Fsp3) is 0.407. The van der Waals surface area contributed by atoms with Crippen molar-refractivity contribution >= 4 is 29.1 Å². The second-order valence-corrected chi connectivity index (χ2v) is 9.54. The molecule has 1 spiro atoms. The number of morpholine rings is 1. The minimum absolute atomic E-state index is 0.0429. The largest absolute Gasteiger partial charge is 0.379 e. The highest BCUT2D eigenvalue weighted by Crippen LogP contribution is 2.52. The number of anilines is 1. The topological polar surface area (TPSA) is 87.2 Å². The molecule has 2 atom stereocenters. The normalized spacial score (nSPS) is 24.2. The Morgan fingerprint density at radius 2 is 1.81 bits per heavy atom. The number of para-hydroxylation sites is 1. The molecule has 2 unspecified atom stereocenters. The predicted molar refractivity (Wildman–Crippen MR) is 129 cm³/mol. The Morgan fingerprint density at radius 3 is 2.53 bits per heavy atom. The zero-order chi connectivity index (χ0) is 25.6. The molecular weight excluding hydrogens is 465 g/mol. The van der Waals surface area contributed by atoms with E-state index in [1.54, 1.807) is 38.2 Å². The number of Topliss-reactive ketones (excluding diaryl/α,β-unsaturated/α-hetero) is 2. The molecule has 3 aliphatic heterocycles. The van der Waals surface area contributed by atoms with Gasteiger partial charge in [-0.05, 0) is 31.0 Å². The third-order valence-electron chi connectivity index (χ3n) is 7.55. The molecule has 2 aromatic rings. The summed E-state index contributed by atoms with van der Waals surface area (Å²) in [5.41, 5.74) is -0.520. The number of hydrogen-bond acceptors (Lipinski definition) is 6. The maximum Gasteiger partial charge on any atom is 0.292 e. The van der Waals surface area contributed by atoms with E-state index in [0.717, 1.165) is 19.2 Å². The van der Waals surface area contributed by atoms with E-state index in [2.05, 4.69) is 4.90 Å². The molecular formula is C27H28FN3O5. The number of ketones is 2. The molecule has 2 amide bonds. The Hall–Kier alpha value is -3.43. The summed E-state index contributed by atoms with van der Waals surface area (Å²) in [5.74, 6) is -5.24. The van der Waals surface area contributed by atoms with Gasteiger partial charge in [0, 0.05) is 50.0 Å². The lowest BCUT2D eigenvalue weighted by Gasteiger charge is -2.37. The van der Waals surface area contributed by atoms with Gasteiger partial charge in [-0.25, -0.2) is 4.39 Å². The molecule has 0 aliphatic carbocycles. The lowest BCUT2D eigenvalue weighted by Crippen LogP contribution is -2.55. The van der Waals surface area contributed by atoms with Gasteiger partial charge in [0.25, 0.3) is 11.8 Å². The molecule has 2 fully saturated rings. The molecule has 3 aliphatic rings. The van der Waals surface area contributed by atoms with Gasteiger partial charge in [-0.1, -0.05) is 30.3 Å². The number of benzene rings is 2. The molecule has 8 nitrogen and oxygen atoms in total. The maximum absolute atomic E-state index is 14.4. The number of nitrogens with zero attached hydrogens (tertiary/aromatic N) is 3. The number of carbonyl (C=O) groups is 4. The number of likely N-dealkylation sites (N-methyl/N-ethyl adjacent to an activating group) is 1. The number of amides is 2. The van der Waals surface area contributed by atoms with Gasteiger partial charge < -0.3 is 14.5 Å². The maximum atomic E-state index is 14.4. The molecule has 0 N–H and O–H groups in total. The number of hydrogen-bond donors (Lipinski definition) is 0. The molecule has 188 valence electrons. The van der Waals surface area contributed by atoms with Crippen LogP contribution in [0.25, 0.3) is 0 Å². The van der Waals surface area contributed by atoms with Crippen LogP contribution in [-0.4, -0.2) is 79.6 Å². The van der Waals surface area contributed by atoms with E-state index in [-0.39, 0.29) is 12.1 Å². The standard InChI is InChI=1S/C27H28FN3O5/c1-17-8-9-18(16-20(17)28)23(32)22-24(33)25(34)31(11-5-10-30-12-14-36-15-13-30)27(22)19-6-3-4-7-21(19)29(2)26(27)35/h3-4,6-9,16,22H,5,10-15H2,1-2H3. The Bertz CT molecular complexity index is 1260. The first-order valence-electron chi connectivity index (χ1n) is 12.1. The molecule has 0 saturated carbocycles. The highest BCUT2D eigenvalue weighted by Gasteiger charge is 2.69. The SMILES string of the molecule is Cc1ccc(C(=O)C2C(=O)C(=O)N(CCCN3CCOCC3)C23C(=O)N(C)c2ccccc23)cc1F. The lowest BCUT2D eigenvalue weighted by molar-refractivity contribution is -0.143. The molecule has 2 aromatic carbocycles. The van der Waals surface area contributed by atoms with E-state index in [1.165, 1.54) is 21.9 Å². The van der Waals surface area contributed by atoms with Crippen LogP contribution in [0.3, 0.4) is 0 Å². The van der Waals surface area contributed by atoms with E-state index in [0.29, 0.717) is 43.0 Å². The number of halogens is 1. The number of rotatable bonds is 6. The number of likely N-dealkylation sites (tertiary alicyclic amines) is 1. The summed E-state index contributed by atoms with van der Waals surface area (Å²) in [6.45, 7) is 5.14. The third-order valence-corrected chi connectivity index (χ3v) is 7.55. The van der Waals surface area contributed by atoms with Crippen LogP contribution < -0.4 is 4.90 Å². The van der Waals surface area contributed by atoms with Crippen molar-refractivity contribution in [1.82, 2.24) is 9.80 Å². The van der Waals surface area contributed by atoms with Gasteiger partial charge in [-0.15, -0.1) is 0 Å². The van der Waals surface area contributed by atoms with Crippen molar-refractivity contribution in [2.45, 2.75) is 18.9 Å². The van der Waals surface area contributed by atoms with E-state index >= 15 is 0 Å². The minimum atomic E-state index is -1.80. The minimum Gasteiger partial charge on any atom is -0.379 e. The molecule has 3 heterocycles. The second-order valence-electron chi connectivity index (χ2n) is 9.54. The first-order valence-corrected chi connectivity index (χ1v) is 12.1. The van der Waals surface area contributed by atoms with Gasteiger partial charge in [0.15, 0.2) is 11.3 Å². The average Bonchev–Trinajstić information content (AvgIpc) is 3.24. The van der Waals surface area contributed by atoms with Crippen LogP contribution in [-0.2, 0) is 24.7 Å². The van der Waals surface area contributed by atoms with Crippen LogP contribution in [0, 0.1) is 18.7 Å². The van der Waals surface area contributed by atoms with E-state index in [1.807, 2.05) is 0 Å². The van der Waals surface area contributed by atoms with Gasteiger partial charge >= 0.3 is 0 Å². The first kappa shape index (κ1) is 24.3. The average molecular weight is 494 g/mol. The van der Waals surface area contributed by atoms with Crippen LogP contribution in [0.1, 0.15) is 27.9 Å². The molecule has 9 heteroatoms. The summed E-state index contributed by atoms with van der Waals surface area (Å²) in [5, 5.41) is 0. The molecule has 5 rings (SSSR count).